The summed E-state index contributed by atoms with van der Waals surface area (Å²) in [5.41, 5.74) is 0.535. The molecule has 0 bridgehead atoms. The molecule has 0 fully saturated rings. The van der Waals surface area contributed by atoms with Gasteiger partial charge in [-0.15, -0.1) is 0 Å². The summed E-state index contributed by atoms with van der Waals surface area (Å²) in [6.07, 6.45) is 1.53. The Labute approximate surface area is 108 Å². The van der Waals surface area contributed by atoms with Crippen LogP contribution in [-0.2, 0) is 0 Å². The SMILES string of the molecule is CC(CNC(=O)c1cc(Cl)ccn1)C(C)(C)C. The van der Waals surface area contributed by atoms with Crippen molar-refractivity contribution in [3.8, 4) is 0 Å². The first kappa shape index (κ1) is 14.0. The molecule has 1 amide bonds. The van der Waals surface area contributed by atoms with Crippen molar-refractivity contribution in [2.45, 2.75) is 27.7 Å². The van der Waals surface area contributed by atoms with Crippen molar-refractivity contribution in [2.75, 3.05) is 6.54 Å². The maximum absolute atomic E-state index is 11.8. The van der Waals surface area contributed by atoms with Crippen LogP contribution in [0, 0.1) is 11.3 Å². The van der Waals surface area contributed by atoms with E-state index in [9.17, 15) is 4.79 Å². The number of nitrogens with one attached hydrogen (secondary N) is 1. The molecule has 0 aliphatic carbocycles. The van der Waals surface area contributed by atoms with Crippen molar-refractivity contribution in [3.05, 3.63) is 29.0 Å². The number of halogens is 1. The number of aromatic nitrogens is 1. The monoisotopic (exact) mass is 254 g/mol. The van der Waals surface area contributed by atoms with Crippen molar-refractivity contribution in [2.24, 2.45) is 11.3 Å². The lowest BCUT2D eigenvalue weighted by atomic mass is 9.82. The maximum atomic E-state index is 11.8. The van der Waals surface area contributed by atoms with Crippen molar-refractivity contribution < 1.29 is 4.79 Å². The van der Waals surface area contributed by atoms with Gasteiger partial charge in [0.05, 0.1) is 0 Å². The molecule has 1 aromatic heterocycles. The fourth-order valence-corrected chi connectivity index (χ4v) is 1.33. The van der Waals surface area contributed by atoms with Crippen molar-refractivity contribution in [3.63, 3.8) is 0 Å². The van der Waals surface area contributed by atoms with Gasteiger partial charge in [0.1, 0.15) is 5.69 Å². The number of hydrogen-bond acceptors (Lipinski definition) is 2. The van der Waals surface area contributed by atoms with Gasteiger partial charge in [-0.2, -0.15) is 0 Å². The second-order valence-corrected chi connectivity index (χ2v) is 5.77. The summed E-state index contributed by atoms with van der Waals surface area (Å²) in [7, 11) is 0. The van der Waals surface area contributed by atoms with Gasteiger partial charge in [-0.05, 0) is 23.5 Å². The van der Waals surface area contributed by atoms with E-state index in [1.54, 1.807) is 12.1 Å². The summed E-state index contributed by atoms with van der Waals surface area (Å²) in [5, 5.41) is 3.39. The molecule has 0 aliphatic heterocycles. The Morgan fingerprint density at radius 2 is 2.18 bits per heavy atom. The summed E-state index contributed by atoms with van der Waals surface area (Å²) in [4.78, 5) is 15.8. The summed E-state index contributed by atoms with van der Waals surface area (Å²) in [6.45, 7) is 9.21. The minimum absolute atomic E-state index is 0.176. The van der Waals surface area contributed by atoms with Crippen molar-refractivity contribution in [1.82, 2.24) is 10.3 Å². The molecule has 1 rings (SSSR count). The zero-order chi connectivity index (χ0) is 13.1. The predicted molar refractivity (Wildman–Crippen MR) is 70.2 cm³/mol. The Morgan fingerprint density at radius 1 is 1.53 bits per heavy atom. The number of carbonyl (C=O) groups excluding carboxylic acids is 1. The highest BCUT2D eigenvalue weighted by Crippen LogP contribution is 2.24. The van der Waals surface area contributed by atoms with Crippen molar-refractivity contribution in [1.29, 1.82) is 0 Å². The molecule has 1 unspecified atom stereocenters. The molecule has 0 saturated heterocycles. The standard InChI is InChI=1S/C13H19ClN2O/c1-9(13(2,3)4)8-16-12(17)11-7-10(14)5-6-15-11/h5-7,9H,8H2,1-4H3,(H,16,17). The Bertz CT molecular complexity index is 399. The van der Waals surface area contributed by atoms with Gasteiger partial charge in [0.2, 0.25) is 0 Å². The van der Waals surface area contributed by atoms with Crippen LogP contribution in [0.2, 0.25) is 5.02 Å². The number of hydrogen-bond donors (Lipinski definition) is 1. The number of rotatable bonds is 3. The van der Waals surface area contributed by atoms with E-state index < -0.39 is 0 Å². The predicted octanol–water partition coefficient (Wildman–Crippen LogP) is 3.15. The van der Waals surface area contributed by atoms with Crippen LogP contribution in [0.4, 0.5) is 0 Å². The molecule has 17 heavy (non-hydrogen) atoms. The third kappa shape index (κ3) is 4.35. The molecule has 4 heteroatoms. The number of nitrogens with zero attached hydrogens (tertiary/aromatic N) is 1. The lowest BCUT2D eigenvalue weighted by molar-refractivity contribution is 0.0932. The van der Waals surface area contributed by atoms with Crippen molar-refractivity contribution >= 4 is 17.5 Å². The molecule has 1 aromatic rings. The van der Waals surface area contributed by atoms with E-state index >= 15 is 0 Å². The van der Waals surface area contributed by atoms with Crippen LogP contribution in [0.1, 0.15) is 38.2 Å². The van der Waals surface area contributed by atoms with Gasteiger partial charge in [0.25, 0.3) is 5.91 Å². The topological polar surface area (TPSA) is 42.0 Å². The average Bonchev–Trinajstić information content (AvgIpc) is 2.24. The van der Waals surface area contributed by atoms with Crippen LogP contribution in [0.5, 0.6) is 0 Å². The molecular weight excluding hydrogens is 236 g/mol. The Hall–Kier alpha value is -1.09. The van der Waals surface area contributed by atoms with E-state index in [2.05, 4.69) is 38.0 Å². The van der Waals surface area contributed by atoms with Crippen LogP contribution in [0.3, 0.4) is 0 Å². The Morgan fingerprint density at radius 3 is 2.71 bits per heavy atom. The molecular formula is C13H19ClN2O. The summed E-state index contributed by atoms with van der Waals surface area (Å²) in [5.74, 6) is 0.217. The summed E-state index contributed by atoms with van der Waals surface area (Å²) >= 11 is 5.80. The number of pyridine rings is 1. The van der Waals surface area contributed by atoms with Gasteiger partial charge in [0.15, 0.2) is 0 Å². The molecule has 1 N–H and O–H groups in total. The van der Waals surface area contributed by atoms with E-state index in [0.29, 0.717) is 23.2 Å². The van der Waals surface area contributed by atoms with Crippen LogP contribution >= 0.6 is 11.6 Å². The maximum Gasteiger partial charge on any atom is 0.269 e. The fourth-order valence-electron chi connectivity index (χ4n) is 1.17. The molecule has 1 atom stereocenters. The molecule has 0 radical (unpaired) electrons. The van der Waals surface area contributed by atoms with Crippen LogP contribution in [0.15, 0.2) is 18.3 Å². The van der Waals surface area contributed by atoms with Gasteiger partial charge in [-0.25, -0.2) is 0 Å². The highest BCUT2D eigenvalue weighted by molar-refractivity contribution is 6.30. The first-order valence-electron chi connectivity index (χ1n) is 5.70. The summed E-state index contributed by atoms with van der Waals surface area (Å²) in [6, 6.07) is 3.22. The first-order chi connectivity index (χ1) is 7.80. The molecule has 0 spiro atoms. The third-order valence-electron chi connectivity index (χ3n) is 3.00. The zero-order valence-electron chi connectivity index (χ0n) is 10.7. The Kier molecular flexibility index (Phi) is 4.52. The number of carbonyl (C=O) groups is 1. The van der Waals surface area contributed by atoms with Gasteiger partial charge >= 0.3 is 0 Å². The normalized spacial score (nSPS) is 13.2. The first-order valence-corrected chi connectivity index (χ1v) is 6.08. The van der Waals surface area contributed by atoms with E-state index in [1.807, 2.05) is 0 Å². The lowest BCUT2D eigenvalue weighted by Crippen LogP contribution is -2.34. The molecule has 0 aromatic carbocycles. The molecule has 0 saturated carbocycles. The van der Waals surface area contributed by atoms with Gasteiger partial charge < -0.3 is 5.32 Å². The molecule has 1 heterocycles. The molecule has 0 aliphatic rings. The van der Waals surface area contributed by atoms with Crippen LogP contribution in [-0.4, -0.2) is 17.4 Å². The van der Waals surface area contributed by atoms with Gasteiger partial charge in [-0.3, -0.25) is 9.78 Å². The minimum atomic E-state index is -0.177. The van der Waals surface area contributed by atoms with Gasteiger partial charge in [-0.1, -0.05) is 39.3 Å². The van der Waals surface area contributed by atoms with E-state index in [-0.39, 0.29) is 11.3 Å². The third-order valence-corrected chi connectivity index (χ3v) is 3.24. The smallest absolute Gasteiger partial charge is 0.269 e. The Balaban J connectivity index is 2.57. The minimum Gasteiger partial charge on any atom is -0.350 e. The van der Waals surface area contributed by atoms with E-state index in [4.69, 9.17) is 11.6 Å². The number of amides is 1. The van der Waals surface area contributed by atoms with Crippen LogP contribution in [0.25, 0.3) is 0 Å². The highest BCUT2D eigenvalue weighted by Gasteiger charge is 2.20. The largest absolute Gasteiger partial charge is 0.350 e. The second kappa shape index (κ2) is 5.50. The quantitative estimate of drug-likeness (QED) is 0.900. The molecule has 3 nitrogen and oxygen atoms in total. The van der Waals surface area contributed by atoms with Gasteiger partial charge in [0, 0.05) is 17.8 Å². The fraction of sp³-hybridized carbons (Fsp3) is 0.538. The zero-order valence-corrected chi connectivity index (χ0v) is 11.5. The summed E-state index contributed by atoms with van der Waals surface area (Å²) < 4.78 is 0. The van der Waals surface area contributed by atoms with Crippen LogP contribution < -0.4 is 5.32 Å². The molecule has 94 valence electrons. The lowest BCUT2D eigenvalue weighted by Gasteiger charge is -2.27. The average molecular weight is 255 g/mol. The second-order valence-electron chi connectivity index (χ2n) is 5.34. The van der Waals surface area contributed by atoms with E-state index in [1.165, 1.54) is 6.20 Å². The van der Waals surface area contributed by atoms with E-state index in [0.717, 1.165) is 0 Å². The highest BCUT2D eigenvalue weighted by atomic mass is 35.5.